The molecule has 0 atom stereocenters. The lowest BCUT2D eigenvalue weighted by Crippen LogP contribution is -2.41. The van der Waals surface area contributed by atoms with E-state index in [-0.39, 0.29) is 6.04 Å². The van der Waals surface area contributed by atoms with Gasteiger partial charge in [-0.25, -0.2) is 4.79 Å². The van der Waals surface area contributed by atoms with Gasteiger partial charge in [0.1, 0.15) is 0 Å². The molecule has 0 aromatic rings. The minimum absolute atomic E-state index is 0.0669. The monoisotopic (exact) mass is 196 g/mol. The number of nitrogens with one attached hydrogen (secondary N) is 1. The highest BCUT2D eigenvalue weighted by Gasteiger charge is 2.41. The average molecular weight is 196 g/mol. The van der Waals surface area contributed by atoms with Crippen molar-refractivity contribution in [2.24, 2.45) is 0 Å². The van der Waals surface area contributed by atoms with Crippen molar-refractivity contribution in [1.29, 1.82) is 0 Å². The zero-order valence-electron chi connectivity index (χ0n) is 7.78. The molecular formula is C9H12N2O3. The Labute approximate surface area is 81.4 Å². The number of carbonyl (C=O) groups is 3. The molecule has 2 aliphatic rings. The van der Waals surface area contributed by atoms with Crippen molar-refractivity contribution in [1.82, 2.24) is 10.2 Å². The molecule has 5 heteroatoms. The van der Waals surface area contributed by atoms with Crippen LogP contribution in [-0.4, -0.2) is 28.8 Å². The quantitative estimate of drug-likeness (QED) is 0.487. The number of rotatable bonds is 1. The van der Waals surface area contributed by atoms with E-state index < -0.39 is 17.8 Å². The summed E-state index contributed by atoms with van der Waals surface area (Å²) in [5.41, 5.74) is 0. The van der Waals surface area contributed by atoms with Gasteiger partial charge >= 0.3 is 17.8 Å². The highest BCUT2D eigenvalue weighted by atomic mass is 16.2. The van der Waals surface area contributed by atoms with Crippen LogP contribution in [-0.2, 0) is 9.59 Å². The maximum absolute atomic E-state index is 11.3. The number of hydrogen-bond acceptors (Lipinski definition) is 3. The third-order valence-electron chi connectivity index (χ3n) is 2.79. The lowest BCUT2D eigenvalue weighted by atomic mass is 9.94. The second-order valence-corrected chi connectivity index (χ2v) is 3.73. The minimum atomic E-state index is -0.791. The number of amides is 4. The molecule has 0 aromatic carbocycles. The zero-order valence-corrected chi connectivity index (χ0v) is 7.78. The maximum Gasteiger partial charge on any atom is 0.331 e. The van der Waals surface area contributed by atoms with E-state index in [1.807, 2.05) is 5.32 Å². The maximum atomic E-state index is 11.3. The number of urea groups is 1. The van der Waals surface area contributed by atoms with Crippen molar-refractivity contribution in [2.45, 2.75) is 38.1 Å². The van der Waals surface area contributed by atoms with Crippen molar-refractivity contribution in [3.05, 3.63) is 0 Å². The Hall–Kier alpha value is -1.39. The molecule has 1 heterocycles. The van der Waals surface area contributed by atoms with E-state index in [1.54, 1.807) is 0 Å². The van der Waals surface area contributed by atoms with Crippen LogP contribution in [0, 0.1) is 0 Å². The summed E-state index contributed by atoms with van der Waals surface area (Å²) in [6.07, 6.45) is 4.85. The van der Waals surface area contributed by atoms with Gasteiger partial charge in [-0.1, -0.05) is 19.3 Å². The molecule has 14 heavy (non-hydrogen) atoms. The SMILES string of the molecule is O=C1NC(=O)N(C2CCCCC2)C1=O. The Bertz CT molecular complexity index is 294. The molecule has 76 valence electrons. The van der Waals surface area contributed by atoms with Crippen LogP contribution in [0.3, 0.4) is 0 Å². The fraction of sp³-hybridized carbons (Fsp3) is 0.667. The van der Waals surface area contributed by atoms with Gasteiger partial charge in [-0.2, -0.15) is 0 Å². The first-order chi connectivity index (χ1) is 6.70. The van der Waals surface area contributed by atoms with E-state index in [2.05, 4.69) is 0 Å². The summed E-state index contributed by atoms with van der Waals surface area (Å²) in [6, 6.07) is -0.616. The van der Waals surface area contributed by atoms with E-state index in [9.17, 15) is 14.4 Å². The molecule has 1 aliphatic heterocycles. The molecular weight excluding hydrogens is 184 g/mol. The smallest absolute Gasteiger partial charge is 0.269 e. The van der Waals surface area contributed by atoms with E-state index in [4.69, 9.17) is 0 Å². The van der Waals surface area contributed by atoms with Gasteiger partial charge in [-0.15, -0.1) is 0 Å². The van der Waals surface area contributed by atoms with Crippen LogP contribution in [0.15, 0.2) is 0 Å². The summed E-state index contributed by atoms with van der Waals surface area (Å²) >= 11 is 0. The van der Waals surface area contributed by atoms with Gasteiger partial charge in [0.05, 0.1) is 0 Å². The van der Waals surface area contributed by atoms with Crippen LogP contribution < -0.4 is 5.32 Å². The van der Waals surface area contributed by atoms with Crippen LogP contribution >= 0.6 is 0 Å². The van der Waals surface area contributed by atoms with Gasteiger partial charge in [0.2, 0.25) is 0 Å². The number of nitrogens with zero attached hydrogens (tertiary/aromatic N) is 1. The van der Waals surface area contributed by atoms with Crippen LogP contribution in [0.2, 0.25) is 0 Å². The number of hydrogen-bond donors (Lipinski definition) is 1. The van der Waals surface area contributed by atoms with Crippen molar-refractivity contribution < 1.29 is 14.4 Å². The Morgan fingerprint density at radius 2 is 1.71 bits per heavy atom. The van der Waals surface area contributed by atoms with Crippen molar-refractivity contribution in [2.75, 3.05) is 0 Å². The molecule has 0 spiro atoms. The summed E-state index contributed by atoms with van der Waals surface area (Å²) in [7, 11) is 0. The first-order valence-corrected chi connectivity index (χ1v) is 4.88. The van der Waals surface area contributed by atoms with Gasteiger partial charge in [0.25, 0.3) is 0 Å². The molecule has 0 bridgehead atoms. The molecule has 0 radical (unpaired) electrons. The molecule has 5 nitrogen and oxygen atoms in total. The summed E-state index contributed by atoms with van der Waals surface area (Å²) < 4.78 is 0. The second-order valence-electron chi connectivity index (χ2n) is 3.73. The van der Waals surface area contributed by atoms with Crippen LogP contribution in [0.5, 0.6) is 0 Å². The third kappa shape index (κ3) is 1.38. The van der Waals surface area contributed by atoms with E-state index in [0.29, 0.717) is 0 Å². The van der Waals surface area contributed by atoms with Crippen LogP contribution in [0.25, 0.3) is 0 Å². The van der Waals surface area contributed by atoms with Gasteiger partial charge in [0, 0.05) is 6.04 Å². The average Bonchev–Trinajstić information content (AvgIpc) is 2.43. The summed E-state index contributed by atoms with van der Waals surface area (Å²) in [5, 5.41) is 2.01. The van der Waals surface area contributed by atoms with Crippen molar-refractivity contribution in [3.8, 4) is 0 Å². The van der Waals surface area contributed by atoms with Crippen molar-refractivity contribution >= 4 is 17.8 Å². The number of imide groups is 2. The molecule has 1 saturated heterocycles. The van der Waals surface area contributed by atoms with E-state index in [0.717, 1.165) is 37.0 Å². The van der Waals surface area contributed by atoms with Crippen molar-refractivity contribution in [3.63, 3.8) is 0 Å². The fourth-order valence-corrected chi connectivity index (χ4v) is 2.08. The molecule has 0 unspecified atom stereocenters. The Morgan fingerprint density at radius 1 is 1.07 bits per heavy atom. The van der Waals surface area contributed by atoms with Gasteiger partial charge in [-0.05, 0) is 12.8 Å². The predicted molar refractivity (Wildman–Crippen MR) is 47.3 cm³/mol. The lowest BCUT2D eigenvalue weighted by Gasteiger charge is -2.27. The summed E-state index contributed by atoms with van der Waals surface area (Å²) in [5.74, 6) is -1.48. The Balaban J connectivity index is 2.12. The normalized spacial score (nSPS) is 24.3. The third-order valence-corrected chi connectivity index (χ3v) is 2.79. The highest BCUT2D eigenvalue weighted by molar-refractivity contribution is 6.44. The molecule has 1 saturated carbocycles. The molecule has 0 aromatic heterocycles. The standard InChI is InChI=1S/C9H12N2O3/c12-7-8(13)11(9(14)10-7)6-4-2-1-3-5-6/h6H,1-5H2,(H,10,12,14). The predicted octanol–water partition coefficient (Wildman–Crippen LogP) is 0.397. The van der Waals surface area contributed by atoms with Crippen LogP contribution in [0.1, 0.15) is 32.1 Å². The molecule has 2 rings (SSSR count). The van der Waals surface area contributed by atoms with E-state index >= 15 is 0 Å². The van der Waals surface area contributed by atoms with Gasteiger partial charge < -0.3 is 0 Å². The highest BCUT2D eigenvalue weighted by Crippen LogP contribution is 2.24. The largest absolute Gasteiger partial charge is 0.331 e. The lowest BCUT2D eigenvalue weighted by molar-refractivity contribution is -0.141. The fourth-order valence-electron chi connectivity index (χ4n) is 2.08. The molecule has 4 amide bonds. The molecule has 1 aliphatic carbocycles. The molecule has 2 fully saturated rings. The first kappa shape index (κ1) is 9.18. The Morgan fingerprint density at radius 3 is 2.21 bits per heavy atom. The van der Waals surface area contributed by atoms with Gasteiger partial charge in [-0.3, -0.25) is 19.8 Å². The summed E-state index contributed by atoms with van der Waals surface area (Å²) in [6.45, 7) is 0. The second kappa shape index (κ2) is 3.40. The zero-order chi connectivity index (χ0) is 10.1. The van der Waals surface area contributed by atoms with Gasteiger partial charge in [0.15, 0.2) is 0 Å². The summed E-state index contributed by atoms with van der Waals surface area (Å²) in [4.78, 5) is 34.6. The number of carbonyl (C=O) groups excluding carboxylic acids is 3. The van der Waals surface area contributed by atoms with E-state index in [1.165, 1.54) is 0 Å². The Kier molecular flexibility index (Phi) is 2.23. The van der Waals surface area contributed by atoms with Crippen LogP contribution in [0.4, 0.5) is 4.79 Å². The molecule has 1 N–H and O–H groups in total. The topological polar surface area (TPSA) is 66.5 Å². The first-order valence-electron chi connectivity index (χ1n) is 4.88. The minimum Gasteiger partial charge on any atom is -0.269 e.